The van der Waals surface area contributed by atoms with Crippen molar-refractivity contribution in [2.75, 3.05) is 25.6 Å². The average Bonchev–Trinajstić information content (AvgIpc) is 2.05. The fraction of sp³-hybridized carbons (Fsp3) is 1.00. The maximum Gasteiger partial charge on any atom is 0.118 e. The molecular weight excluding hydrogens is 166 g/mol. The van der Waals surface area contributed by atoms with Gasteiger partial charge in [-0.05, 0) is 12.5 Å². The van der Waals surface area contributed by atoms with Crippen molar-refractivity contribution in [3.8, 4) is 0 Å². The van der Waals surface area contributed by atoms with E-state index >= 15 is 0 Å². The summed E-state index contributed by atoms with van der Waals surface area (Å²) < 4.78 is 5.62. The summed E-state index contributed by atoms with van der Waals surface area (Å²) in [6, 6.07) is 0. The van der Waals surface area contributed by atoms with Gasteiger partial charge in [0.1, 0.15) is 10.9 Å². The third-order valence-electron chi connectivity index (χ3n) is 1.39. The standard InChI is InChI=1S/C6H12NOS2/c1-9-5-3-7-4-6(8-5)10-2/h5-6H,3-4H2,1-2H3. The molecule has 1 rings (SSSR count). The molecule has 1 saturated heterocycles. The van der Waals surface area contributed by atoms with Gasteiger partial charge in [0.05, 0.1) is 0 Å². The predicted molar refractivity (Wildman–Crippen MR) is 47.6 cm³/mol. The van der Waals surface area contributed by atoms with Crippen LogP contribution in [0.25, 0.3) is 0 Å². The number of rotatable bonds is 2. The van der Waals surface area contributed by atoms with Crippen molar-refractivity contribution < 1.29 is 4.74 Å². The highest BCUT2D eigenvalue weighted by molar-refractivity contribution is 7.99. The van der Waals surface area contributed by atoms with E-state index in [0.717, 1.165) is 13.1 Å². The largest absolute Gasteiger partial charge is 0.351 e. The summed E-state index contributed by atoms with van der Waals surface area (Å²) in [5, 5.41) is 4.31. The highest BCUT2D eigenvalue weighted by Gasteiger charge is 2.20. The Kier molecular flexibility index (Phi) is 3.91. The molecule has 0 aromatic carbocycles. The van der Waals surface area contributed by atoms with Crippen molar-refractivity contribution in [2.24, 2.45) is 0 Å². The lowest BCUT2D eigenvalue weighted by molar-refractivity contribution is 0.0613. The molecule has 0 saturated carbocycles. The van der Waals surface area contributed by atoms with Crippen LogP contribution in [0.4, 0.5) is 0 Å². The Balaban J connectivity index is 2.25. The van der Waals surface area contributed by atoms with Crippen LogP contribution in [0.15, 0.2) is 0 Å². The van der Waals surface area contributed by atoms with Gasteiger partial charge in [-0.15, -0.1) is 23.5 Å². The van der Waals surface area contributed by atoms with Crippen LogP contribution in [-0.4, -0.2) is 36.5 Å². The number of thioether (sulfide) groups is 2. The molecule has 2 nitrogen and oxygen atoms in total. The second-order valence-electron chi connectivity index (χ2n) is 2.06. The maximum atomic E-state index is 5.62. The molecule has 4 heteroatoms. The van der Waals surface area contributed by atoms with Crippen molar-refractivity contribution in [3.63, 3.8) is 0 Å². The van der Waals surface area contributed by atoms with Crippen LogP contribution in [0.5, 0.6) is 0 Å². The van der Waals surface area contributed by atoms with Crippen LogP contribution >= 0.6 is 23.5 Å². The van der Waals surface area contributed by atoms with E-state index in [1.807, 2.05) is 0 Å². The molecule has 10 heavy (non-hydrogen) atoms. The smallest absolute Gasteiger partial charge is 0.118 e. The summed E-state index contributed by atoms with van der Waals surface area (Å²) in [5.74, 6) is 0. The molecule has 0 aromatic rings. The number of hydrogen-bond acceptors (Lipinski definition) is 3. The van der Waals surface area contributed by atoms with Crippen LogP contribution in [0.2, 0.25) is 0 Å². The molecule has 2 unspecified atom stereocenters. The van der Waals surface area contributed by atoms with E-state index in [2.05, 4.69) is 17.8 Å². The van der Waals surface area contributed by atoms with Gasteiger partial charge in [-0.3, -0.25) is 0 Å². The summed E-state index contributed by atoms with van der Waals surface area (Å²) >= 11 is 3.47. The molecule has 1 aliphatic heterocycles. The molecule has 0 aromatic heterocycles. The molecule has 0 amide bonds. The quantitative estimate of drug-likeness (QED) is 0.630. The van der Waals surface area contributed by atoms with Crippen LogP contribution in [0.1, 0.15) is 0 Å². The maximum absolute atomic E-state index is 5.62. The fourth-order valence-corrected chi connectivity index (χ4v) is 1.87. The van der Waals surface area contributed by atoms with Crippen molar-refractivity contribution >= 4 is 23.5 Å². The topological polar surface area (TPSA) is 23.3 Å². The molecule has 0 aliphatic carbocycles. The second-order valence-corrected chi connectivity index (χ2v) is 4.05. The normalized spacial score (nSPS) is 34.2. The first-order valence-corrected chi connectivity index (χ1v) is 5.78. The molecule has 2 atom stereocenters. The minimum Gasteiger partial charge on any atom is -0.351 e. The molecular formula is C6H12NOS2. The lowest BCUT2D eigenvalue weighted by atomic mass is 10.5. The van der Waals surface area contributed by atoms with Gasteiger partial charge in [-0.1, -0.05) is 0 Å². The molecule has 1 heterocycles. The van der Waals surface area contributed by atoms with Gasteiger partial charge in [0.25, 0.3) is 0 Å². The van der Waals surface area contributed by atoms with Crippen LogP contribution in [0.3, 0.4) is 0 Å². The highest BCUT2D eigenvalue weighted by atomic mass is 32.2. The number of morpholine rings is 1. The summed E-state index contributed by atoms with van der Waals surface area (Å²) in [5.41, 5.74) is 0.595. The van der Waals surface area contributed by atoms with Gasteiger partial charge in [-0.2, -0.15) is 0 Å². The van der Waals surface area contributed by atoms with E-state index in [1.165, 1.54) is 0 Å². The summed E-state index contributed by atoms with van der Waals surface area (Å²) in [6.07, 6.45) is 4.12. The first-order chi connectivity index (χ1) is 4.86. The van der Waals surface area contributed by atoms with E-state index in [-0.39, 0.29) is 0 Å². The minimum absolute atomic E-state index is 0.297. The lowest BCUT2D eigenvalue weighted by Crippen LogP contribution is -2.37. The number of ether oxygens (including phenoxy) is 1. The van der Waals surface area contributed by atoms with E-state index in [9.17, 15) is 0 Å². The highest BCUT2D eigenvalue weighted by Crippen LogP contribution is 2.19. The molecule has 59 valence electrons. The Morgan fingerprint density at radius 2 is 1.70 bits per heavy atom. The SMILES string of the molecule is CSC1C[N]CC(SC)O1. The van der Waals surface area contributed by atoms with Crippen molar-refractivity contribution in [2.45, 2.75) is 10.9 Å². The molecule has 0 spiro atoms. The van der Waals surface area contributed by atoms with E-state index < -0.39 is 0 Å². The number of hydrogen-bond donors (Lipinski definition) is 0. The van der Waals surface area contributed by atoms with Crippen molar-refractivity contribution in [1.29, 1.82) is 0 Å². The molecule has 1 fully saturated rings. The van der Waals surface area contributed by atoms with Crippen molar-refractivity contribution in [1.82, 2.24) is 5.32 Å². The van der Waals surface area contributed by atoms with E-state index in [1.54, 1.807) is 23.5 Å². The summed E-state index contributed by atoms with van der Waals surface area (Å²) in [4.78, 5) is 0. The monoisotopic (exact) mass is 178 g/mol. The zero-order chi connectivity index (χ0) is 7.40. The first-order valence-electron chi connectivity index (χ1n) is 3.21. The Morgan fingerprint density at radius 3 is 2.10 bits per heavy atom. The van der Waals surface area contributed by atoms with Gasteiger partial charge in [0.2, 0.25) is 0 Å². The Morgan fingerprint density at radius 1 is 1.20 bits per heavy atom. The fourth-order valence-electron chi connectivity index (χ4n) is 0.801. The molecule has 1 aliphatic rings. The van der Waals surface area contributed by atoms with Gasteiger partial charge < -0.3 is 4.74 Å². The molecule has 1 radical (unpaired) electrons. The van der Waals surface area contributed by atoms with Crippen LogP contribution in [0, 0.1) is 0 Å². The van der Waals surface area contributed by atoms with Crippen molar-refractivity contribution in [3.05, 3.63) is 0 Å². The average molecular weight is 178 g/mol. The Hall–Kier alpha value is 0.620. The summed E-state index contributed by atoms with van der Waals surface area (Å²) in [6.45, 7) is 1.72. The molecule has 0 N–H and O–H groups in total. The Bertz CT molecular complexity index is 91.7. The van der Waals surface area contributed by atoms with Gasteiger partial charge in [0.15, 0.2) is 0 Å². The zero-order valence-electron chi connectivity index (χ0n) is 6.24. The third kappa shape index (κ3) is 2.34. The van der Waals surface area contributed by atoms with E-state index in [0.29, 0.717) is 10.9 Å². The van der Waals surface area contributed by atoms with Gasteiger partial charge in [0, 0.05) is 13.1 Å². The third-order valence-corrected chi connectivity index (χ3v) is 2.96. The Labute approximate surface area is 70.5 Å². The van der Waals surface area contributed by atoms with E-state index in [4.69, 9.17) is 4.74 Å². The second kappa shape index (κ2) is 4.49. The predicted octanol–water partition coefficient (Wildman–Crippen LogP) is 0.999. The molecule has 0 bridgehead atoms. The first kappa shape index (κ1) is 8.71. The van der Waals surface area contributed by atoms with Crippen LogP contribution < -0.4 is 5.32 Å². The van der Waals surface area contributed by atoms with Gasteiger partial charge >= 0.3 is 0 Å². The minimum atomic E-state index is 0.297. The summed E-state index contributed by atoms with van der Waals surface area (Å²) in [7, 11) is 0. The lowest BCUT2D eigenvalue weighted by Gasteiger charge is -2.27. The van der Waals surface area contributed by atoms with Crippen LogP contribution in [-0.2, 0) is 4.74 Å². The van der Waals surface area contributed by atoms with Gasteiger partial charge in [-0.25, -0.2) is 5.32 Å². The number of nitrogens with zero attached hydrogens (tertiary/aromatic N) is 1. The zero-order valence-corrected chi connectivity index (χ0v) is 7.87.